The monoisotopic (exact) mass is 468 g/mol. The van der Waals surface area contributed by atoms with Gasteiger partial charge in [0, 0.05) is 23.1 Å². The smallest absolute Gasteiger partial charge is 0.329 e. The van der Waals surface area contributed by atoms with Crippen LogP contribution in [0.4, 0.5) is 5.69 Å². The summed E-state index contributed by atoms with van der Waals surface area (Å²) in [7, 11) is 4.49. The summed E-state index contributed by atoms with van der Waals surface area (Å²) in [5.74, 6) is 0.425. The highest BCUT2D eigenvalue weighted by molar-refractivity contribution is 6.17. The van der Waals surface area contributed by atoms with Crippen LogP contribution < -0.4 is 14.4 Å². The van der Waals surface area contributed by atoms with E-state index >= 15 is 0 Å². The summed E-state index contributed by atoms with van der Waals surface area (Å²) >= 11 is 0. The maximum atomic E-state index is 14.1. The Kier molecular flexibility index (Phi) is 5.82. The molecule has 1 aliphatic heterocycles. The van der Waals surface area contributed by atoms with Crippen LogP contribution in [-0.4, -0.2) is 44.2 Å². The quantitative estimate of drug-likeness (QED) is 0.397. The Balaban J connectivity index is 1.68. The second-order valence-electron chi connectivity index (χ2n) is 8.19. The topological polar surface area (TPSA) is 78.0 Å². The summed E-state index contributed by atoms with van der Waals surface area (Å²) in [5.41, 5.74) is 4.14. The molecular formula is C28H24N2O5. The zero-order valence-electron chi connectivity index (χ0n) is 19.6. The lowest BCUT2D eigenvalue weighted by atomic mass is 10.0. The number of hydrogen-bond donors (Lipinski definition) is 0. The third kappa shape index (κ3) is 3.85. The fourth-order valence-corrected chi connectivity index (χ4v) is 4.59. The van der Waals surface area contributed by atoms with Crippen LogP contribution in [-0.2, 0) is 16.0 Å². The number of fused-ring (bicyclic) bond motifs is 2. The molecule has 0 radical (unpaired) electrons. The summed E-state index contributed by atoms with van der Waals surface area (Å²) in [5, 5.41) is 0.703. The minimum Gasteiger partial charge on any atom is -0.493 e. The minimum absolute atomic E-state index is 0.286. The van der Waals surface area contributed by atoms with Gasteiger partial charge in [0.25, 0.3) is 5.91 Å². The van der Waals surface area contributed by atoms with E-state index in [1.165, 1.54) is 7.11 Å². The molecule has 0 N–H and O–H groups in total. The van der Waals surface area contributed by atoms with Crippen LogP contribution in [0.1, 0.15) is 15.9 Å². The molecule has 0 fully saturated rings. The third-order valence-corrected chi connectivity index (χ3v) is 6.29. The number of rotatable bonds is 5. The van der Waals surface area contributed by atoms with Crippen LogP contribution in [0.15, 0.2) is 72.8 Å². The molecule has 1 aromatic heterocycles. The number of carbonyl (C=O) groups is 2. The number of aromatic nitrogens is 1. The van der Waals surface area contributed by atoms with Gasteiger partial charge in [-0.25, -0.2) is 9.78 Å². The molecule has 176 valence electrons. The van der Waals surface area contributed by atoms with Gasteiger partial charge in [-0.1, -0.05) is 36.4 Å². The standard InChI is InChI=1S/C28H24N2O5/c1-33-25-13-12-17(15-26(25)34-2)22-16-20(19-9-5-6-10-21(19)29-22)27(31)30-23-11-7-4-8-18(23)14-24(30)28(32)35-3/h4-13,15-16,24H,14H2,1-3H3. The summed E-state index contributed by atoms with van der Waals surface area (Å²) in [6.45, 7) is 0. The molecule has 2 heterocycles. The van der Waals surface area contributed by atoms with Gasteiger partial charge in [-0.3, -0.25) is 9.69 Å². The van der Waals surface area contributed by atoms with Crippen molar-refractivity contribution in [2.75, 3.05) is 26.2 Å². The van der Waals surface area contributed by atoms with Crippen LogP contribution in [0.5, 0.6) is 11.5 Å². The predicted octanol–water partition coefficient (Wildman–Crippen LogP) is 4.66. The van der Waals surface area contributed by atoms with E-state index in [9.17, 15) is 9.59 Å². The molecule has 1 amide bonds. The van der Waals surface area contributed by atoms with E-state index in [-0.39, 0.29) is 5.91 Å². The summed E-state index contributed by atoms with van der Waals surface area (Å²) in [6, 6.07) is 21.6. The Morgan fingerprint density at radius 1 is 0.886 bits per heavy atom. The van der Waals surface area contributed by atoms with Crippen molar-refractivity contribution in [2.24, 2.45) is 0 Å². The van der Waals surface area contributed by atoms with Crippen LogP contribution in [0.3, 0.4) is 0 Å². The molecule has 1 unspecified atom stereocenters. The predicted molar refractivity (Wildman–Crippen MR) is 133 cm³/mol. The van der Waals surface area contributed by atoms with Crippen molar-refractivity contribution < 1.29 is 23.8 Å². The third-order valence-electron chi connectivity index (χ3n) is 6.29. The number of esters is 1. The first kappa shape index (κ1) is 22.4. The highest BCUT2D eigenvalue weighted by Crippen LogP contribution is 2.37. The van der Waals surface area contributed by atoms with E-state index in [4.69, 9.17) is 19.2 Å². The average molecular weight is 469 g/mol. The Hall–Kier alpha value is -4.39. The highest BCUT2D eigenvalue weighted by atomic mass is 16.5. The Labute approximate surface area is 202 Å². The summed E-state index contributed by atoms with van der Waals surface area (Å²) in [4.78, 5) is 33.1. The Morgan fingerprint density at radius 2 is 1.63 bits per heavy atom. The lowest BCUT2D eigenvalue weighted by molar-refractivity contribution is -0.141. The van der Waals surface area contributed by atoms with Crippen molar-refractivity contribution in [3.05, 3.63) is 83.9 Å². The maximum absolute atomic E-state index is 14.1. The molecule has 0 bridgehead atoms. The fraction of sp³-hybridized carbons (Fsp3) is 0.179. The highest BCUT2D eigenvalue weighted by Gasteiger charge is 2.40. The summed E-state index contributed by atoms with van der Waals surface area (Å²) in [6.07, 6.45) is 0.403. The molecule has 7 heteroatoms. The van der Waals surface area contributed by atoms with Crippen LogP contribution in [0, 0.1) is 0 Å². The number of benzene rings is 3. The lowest BCUT2D eigenvalue weighted by Crippen LogP contribution is -2.43. The lowest BCUT2D eigenvalue weighted by Gasteiger charge is -2.24. The van der Waals surface area contributed by atoms with Gasteiger partial charge in [-0.05, 0) is 42.0 Å². The molecule has 7 nitrogen and oxygen atoms in total. The van der Waals surface area contributed by atoms with Crippen LogP contribution in [0.25, 0.3) is 22.2 Å². The van der Waals surface area contributed by atoms with Gasteiger partial charge in [-0.2, -0.15) is 0 Å². The van der Waals surface area contributed by atoms with Gasteiger partial charge in [0.1, 0.15) is 6.04 Å². The van der Waals surface area contributed by atoms with Gasteiger partial charge in [0.2, 0.25) is 0 Å². The number of carbonyl (C=O) groups excluding carboxylic acids is 2. The average Bonchev–Trinajstić information content (AvgIpc) is 3.30. The van der Waals surface area contributed by atoms with Gasteiger partial charge < -0.3 is 14.2 Å². The maximum Gasteiger partial charge on any atom is 0.329 e. The fourth-order valence-electron chi connectivity index (χ4n) is 4.59. The first-order valence-corrected chi connectivity index (χ1v) is 11.2. The van der Waals surface area contributed by atoms with Crippen LogP contribution >= 0.6 is 0 Å². The van der Waals surface area contributed by atoms with Gasteiger partial charge in [0.05, 0.1) is 38.1 Å². The van der Waals surface area contributed by atoms with Gasteiger partial charge in [0.15, 0.2) is 11.5 Å². The molecule has 1 atom stereocenters. The van der Waals surface area contributed by atoms with Crippen molar-refractivity contribution >= 4 is 28.5 Å². The first-order valence-electron chi connectivity index (χ1n) is 11.2. The number of hydrogen-bond acceptors (Lipinski definition) is 6. The molecule has 5 rings (SSSR count). The largest absolute Gasteiger partial charge is 0.493 e. The zero-order valence-corrected chi connectivity index (χ0v) is 19.6. The van der Waals surface area contributed by atoms with Crippen molar-refractivity contribution in [3.63, 3.8) is 0 Å². The molecule has 0 aliphatic carbocycles. The van der Waals surface area contributed by atoms with E-state index in [0.717, 1.165) is 11.1 Å². The second-order valence-corrected chi connectivity index (χ2v) is 8.19. The molecule has 0 saturated heterocycles. The number of nitrogens with zero attached hydrogens (tertiary/aromatic N) is 2. The number of methoxy groups -OCH3 is 3. The van der Waals surface area contributed by atoms with Crippen LogP contribution in [0.2, 0.25) is 0 Å². The molecule has 35 heavy (non-hydrogen) atoms. The van der Waals surface area contributed by atoms with E-state index in [2.05, 4.69) is 0 Å². The molecule has 4 aromatic rings. The Bertz CT molecular complexity index is 1450. The van der Waals surface area contributed by atoms with E-state index < -0.39 is 12.0 Å². The van der Waals surface area contributed by atoms with Crippen molar-refractivity contribution in [1.82, 2.24) is 4.98 Å². The SMILES string of the molecule is COC(=O)C1Cc2ccccc2N1C(=O)c1cc(-c2ccc(OC)c(OC)c2)nc2ccccc12. The van der Waals surface area contributed by atoms with Crippen molar-refractivity contribution in [2.45, 2.75) is 12.5 Å². The van der Waals surface area contributed by atoms with Crippen molar-refractivity contribution in [1.29, 1.82) is 0 Å². The second kappa shape index (κ2) is 9.10. The number of para-hydroxylation sites is 2. The first-order chi connectivity index (χ1) is 17.0. The number of anilines is 1. The number of amides is 1. The Morgan fingerprint density at radius 3 is 2.40 bits per heavy atom. The van der Waals surface area contributed by atoms with Gasteiger partial charge in [-0.15, -0.1) is 0 Å². The molecular weight excluding hydrogens is 444 g/mol. The molecule has 0 spiro atoms. The van der Waals surface area contributed by atoms with E-state index in [1.807, 2.05) is 60.7 Å². The number of pyridine rings is 1. The number of ether oxygens (including phenoxy) is 3. The van der Waals surface area contributed by atoms with E-state index in [1.54, 1.807) is 31.3 Å². The molecule has 3 aromatic carbocycles. The zero-order chi connectivity index (χ0) is 24.5. The molecule has 1 aliphatic rings. The van der Waals surface area contributed by atoms with E-state index in [0.29, 0.717) is 45.8 Å². The van der Waals surface area contributed by atoms with Crippen molar-refractivity contribution in [3.8, 4) is 22.8 Å². The summed E-state index contributed by atoms with van der Waals surface area (Å²) < 4.78 is 15.9. The normalized spacial score (nSPS) is 14.5. The van der Waals surface area contributed by atoms with Gasteiger partial charge >= 0.3 is 5.97 Å². The molecule has 0 saturated carbocycles. The minimum atomic E-state index is -0.735.